The van der Waals surface area contributed by atoms with Crippen molar-refractivity contribution in [3.63, 3.8) is 0 Å². The summed E-state index contributed by atoms with van der Waals surface area (Å²) in [6.07, 6.45) is 0. The highest BCUT2D eigenvalue weighted by Crippen LogP contribution is 2.17. The van der Waals surface area contributed by atoms with Gasteiger partial charge in [0.15, 0.2) is 0 Å². The highest BCUT2D eigenvalue weighted by atomic mass is 16.2. The number of carbonyl (C=O) groups excluding carboxylic acids is 1. The van der Waals surface area contributed by atoms with Crippen LogP contribution in [0.25, 0.3) is 0 Å². The van der Waals surface area contributed by atoms with Gasteiger partial charge < -0.3 is 4.90 Å². The van der Waals surface area contributed by atoms with Crippen molar-refractivity contribution < 1.29 is 4.79 Å². The first-order valence-electron chi connectivity index (χ1n) is 8.28. The first-order chi connectivity index (χ1) is 11.1. The van der Waals surface area contributed by atoms with E-state index in [1.54, 1.807) is 0 Å². The van der Waals surface area contributed by atoms with Crippen LogP contribution >= 0.6 is 0 Å². The van der Waals surface area contributed by atoms with Crippen LogP contribution in [-0.4, -0.2) is 41.4 Å². The topological polar surface area (TPSA) is 23.6 Å². The number of hydrogen-bond donors (Lipinski definition) is 0. The fourth-order valence-corrected chi connectivity index (χ4v) is 3.22. The normalized spacial score (nSPS) is 18.9. The predicted molar refractivity (Wildman–Crippen MR) is 93.4 cm³/mol. The molecule has 0 bridgehead atoms. The molecule has 1 aliphatic heterocycles. The lowest BCUT2D eigenvalue weighted by atomic mass is 10.1. The Labute approximate surface area is 138 Å². The molecule has 0 saturated carbocycles. The highest BCUT2D eigenvalue weighted by molar-refractivity contribution is 5.95. The van der Waals surface area contributed by atoms with Gasteiger partial charge in [0.2, 0.25) is 0 Å². The van der Waals surface area contributed by atoms with Crippen molar-refractivity contribution >= 4 is 5.91 Å². The van der Waals surface area contributed by atoms with Gasteiger partial charge in [-0.05, 0) is 31.0 Å². The van der Waals surface area contributed by atoms with Crippen molar-refractivity contribution in [2.24, 2.45) is 0 Å². The van der Waals surface area contributed by atoms with E-state index in [-0.39, 0.29) is 5.91 Å². The second kappa shape index (κ2) is 6.97. The molecule has 1 fully saturated rings. The van der Waals surface area contributed by atoms with Gasteiger partial charge in [0.1, 0.15) is 0 Å². The van der Waals surface area contributed by atoms with Crippen LogP contribution in [-0.2, 0) is 6.54 Å². The zero-order valence-corrected chi connectivity index (χ0v) is 13.9. The molecular formula is C20H24N2O. The van der Waals surface area contributed by atoms with Gasteiger partial charge in [0, 0.05) is 37.8 Å². The van der Waals surface area contributed by atoms with E-state index in [4.69, 9.17) is 0 Å². The summed E-state index contributed by atoms with van der Waals surface area (Å²) in [4.78, 5) is 17.2. The second-order valence-electron chi connectivity index (χ2n) is 6.37. The summed E-state index contributed by atoms with van der Waals surface area (Å²) in [5, 5.41) is 0. The number of carbonyl (C=O) groups is 1. The zero-order valence-electron chi connectivity index (χ0n) is 13.9. The molecule has 0 spiro atoms. The average molecular weight is 308 g/mol. The molecule has 3 rings (SSSR count). The molecular weight excluding hydrogens is 284 g/mol. The van der Waals surface area contributed by atoms with Crippen LogP contribution in [0.1, 0.15) is 28.4 Å². The Balaban J connectivity index is 1.64. The van der Waals surface area contributed by atoms with Crippen molar-refractivity contribution in [2.75, 3.05) is 19.6 Å². The Bertz CT molecular complexity index is 668. The van der Waals surface area contributed by atoms with E-state index >= 15 is 0 Å². The van der Waals surface area contributed by atoms with Crippen LogP contribution in [0.15, 0.2) is 54.6 Å². The number of hydrogen-bond acceptors (Lipinski definition) is 2. The lowest BCUT2D eigenvalue weighted by Crippen LogP contribution is -2.53. The van der Waals surface area contributed by atoms with Crippen LogP contribution in [0.5, 0.6) is 0 Å². The fraction of sp³-hybridized carbons (Fsp3) is 0.350. The Morgan fingerprint density at radius 1 is 1.04 bits per heavy atom. The van der Waals surface area contributed by atoms with Gasteiger partial charge in [-0.3, -0.25) is 9.69 Å². The molecule has 1 atom stereocenters. The summed E-state index contributed by atoms with van der Waals surface area (Å²) in [5.41, 5.74) is 3.21. The van der Waals surface area contributed by atoms with Crippen molar-refractivity contribution in [3.8, 4) is 0 Å². The van der Waals surface area contributed by atoms with Crippen LogP contribution in [0.2, 0.25) is 0 Å². The molecule has 1 amide bonds. The molecule has 0 aliphatic carbocycles. The summed E-state index contributed by atoms with van der Waals surface area (Å²) < 4.78 is 0. The van der Waals surface area contributed by atoms with E-state index in [2.05, 4.69) is 36.1 Å². The lowest BCUT2D eigenvalue weighted by molar-refractivity contribution is 0.0494. The number of amides is 1. The van der Waals surface area contributed by atoms with Gasteiger partial charge in [0.05, 0.1) is 0 Å². The van der Waals surface area contributed by atoms with Crippen LogP contribution in [0, 0.1) is 6.92 Å². The molecule has 2 aromatic carbocycles. The summed E-state index contributed by atoms with van der Waals surface area (Å²) in [6.45, 7) is 7.68. The van der Waals surface area contributed by atoms with Crippen LogP contribution in [0.3, 0.4) is 0 Å². The second-order valence-corrected chi connectivity index (χ2v) is 6.37. The number of nitrogens with zero attached hydrogens (tertiary/aromatic N) is 2. The molecule has 0 aromatic heterocycles. The first kappa shape index (κ1) is 15.8. The Hall–Kier alpha value is -2.13. The molecule has 3 nitrogen and oxygen atoms in total. The minimum absolute atomic E-state index is 0.161. The lowest BCUT2D eigenvalue weighted by Gasteiger charge is -2.40. The Morgan fingerprint density at radius 3 is 2.43 bits per heavy atom. The van der Waals surface area contributed by atoms with Crippen molar-refractivity contribution in [1.29, 1.82) is 0 Å². The summed E-state index contributed by atoms with van der Waals surface area (Å²) in [5.74, 6) is 0.161. The van der Waals surface area contributed by atoms with Gasteiger partial charge in [-0.15, -0.1) is 0 Å². The number of rotatable bonds is 3. The molecule has 1 unspecified atom stereocenters. The van der Waals surface area contributed by atoms with Crippen LogP contribution in [0.4, 0.5) is 0 Å². The minimum Gasteiger partial charge on any atom is -0.336 e. The third kappa shape index (κ3) is 3.62. The van der Waals surface area contributed by atoms with E-state index < -0.39 is 0 Å². The maximum atomic E-state index is 12.7. The molecule has 1 heterocycles. The van der Waals surface area contributed by atoms with Gasteiger partial charge in [-0.25, -0.2) is 0 Å². The molecule has 23 heavy (non-hydrogen) atoms. The molecule has 3 heteroatoms. The molecule has 2 aromatic rings. The Kier molecular flexibility index (Phi) is 4.77. The van der Waals surface area contributed by atoms with Gasteiger partial charge in [-0.2, -0.15) is 0 Å². The third-order valence-electron chi connectivity index (χ3n) is 4.66. The number of piperazine rings is 1. The standard InChI is InChI=1S/C20H24N2O/c1-16-8-6-7-11-19(16)20(23)22-13-12-21(17(2)14-22)15-18-9-4-3-5-10-18/h3-11,17H,12-15H2,1-2H3. The van der Waals surface area contributed by atoms with E-state index in [0.717, 1.165) is 37.3 Å². The Morgan fingerprint density at radius 2 is 1.74 bits per heavy atom. The van der Waals surface area contributed by atoms with Gasteiger partial charge in [0.25, 0.3) is 5.91 Å². The molecule has 120 valence electrons. The number of benzene rings is 2. The van der Waals surface area contributed by atoms with E-state index in [9.17, 15) is 4.79 Å². The zero-order chi connectivity index (χ0) is 16.2. The summed E-state index contributed by atoms with van der Waals surface area (Å²) >= 11 is 0. The predicted octanol–water partition coefficient (Wildman–Crippen LogP) is 3.34. The molecule has 0 radical (unpaired) electrons. The van der Waals surface area contributed by atoms with E-state index in [0.29, 0.717) is 6.04 Å². The van der Waals surface area contributed by atoms with E-state index in [1.807, 2.05) is 42.2 Å². The maximum Gasteiger partial charge on any atom is 0.254 e. The SMILES string of the molecule is Cc1ccccc1C(=O)N1CCN(Cc2ccccc2)C(C)C1. The minimum atomic E-state index is 0.161. The number of aryl methyl sites for hydroxylation is 1. The monoisotopic (exact) mass is 308 g/mol. The molecule has 0 N–H and O–H groups in total. The molecule has 1 saturated heterocycles. The first-order valence-corrected chi connectivity index (χ1v) is 8.28. The van der Waals surface area contributed by atoms with Crippen LogP contribution < -0.4 is 0 Å². The van der Waals surface area contributed by atoms with Crippen molar-refractivity contribution in [2.45, 2.75) is 26.4 Å². The van der Waals surface area contributed by atoms with E-state index in [1.165, 1.54) is 5.56 Å². The largest absolute Gasteiger partial charge is 0.336 e. The fourth-order valence-electron chi connectivity index (χ4n) is 3.22. The average Bonchev–Trinajstić information content (AvgIpc) is 2.57. The molecule has 1 aliphatic rings. The maximum absolute atomic E-state index is 12.7. The quantitative estimate of drug-likeness (QED) is 0.868. The van der Waals surface area contributed by atoms with Crippen molar-refractivity contribution in [3.05, 3.63) is 71.3 Å². The van der Waals surface area contributed by atoms with Gasteiger partial charge >= 0.3 is 0 Å². The van der Waals surface area contributed by atoms with Crippen molar-refractivity contribution in [1.82, 2.24) is 9.80 Å². The van der Waals surface area contributed by atoms with Gasteiger partial charge in [-0.1, -0.05) is 48.5 Å². The third-order valence-corrected chi connectivity index (χ3v) is 4.66. The summed E-state index contributed by atoms with van der Waals surface area (Å²) in [6, 6.07) is 18.8. The smallest absolute Gasteiger partial charge is 0.254 e. The highest BCUT2D eigenvalue weighted by Gasteiger charge is 2.27. The summed E-state index contributed by atoms with van der Waals surface area (Å²) in [7, 11) is 0.